The van der Waals surface area contributed by atoms with E-state index >= 15 is 0 Å². The first-order valence-electron chi connectivity index (χ1n) is 7.41. The summed E-state index contributed by atoms with van der Waals surface area (Å²) in [4.78, 5) is 25.9. The normalized spacial score (nSPS) is 12.8. The fraction of sp³-hybridized carbons (Fsp3) is 0.167. The van der Waals surface area contributed by atoms with Crippen molar-refractivity contribution in [3.05, 3.63) is 53.6 Å². The van der Waals surface area contributed by atoms with Gasteiger partial charge in [-0.1, -0.05) is 18.2 Å². The molecule has 0 aromatic heterocycles. The Morgan fingerprint density at radius 1 is 1.33 bits per heavy atom. The van der Waals surface area contributed by atoms with Crippen LogP contribution in [-0.2, 0) is 9.59 Å². The molecule has 1 heterocycles. The van der Waals surface area contributed by atoms with Crippen molar-refractivity contribution in [2.45, 2.75) is 6.92 Å². The van der Waals surface area contributed by atoms with Crippen LogP contribution in [0.1, 0.15) is 11.1 Å². The van der Waals surface area contributed by atoms with E-state index in [4.69, 9.17) is 10.00 Å². The summed E-state index contributed by atoms with van der Waals surface area (Å²) in [6.07, 6.45) is 0. The summed E-state index contributed by atoms with van der Waals surface area (Å²) in [6.45, 7) is 1.66. The lowest BCUT2D eigenvalue weighted by Gasteiger charge is -2.29. The lowest BCUT2D eigenvalue weighted by atomic mass is 10.1. The number of nitrogens with one attached hydrogen (secondary N) is 1. The molecule has 2 aromatic rings. The molecule has 2 aromatic carbocycles. The van der Waals surface area contributed by atoms with Crippen LogP contribution in [0.5, 0.6) is 5.75 Å². The predicted molar refractivity (Wildman–Crippen MR) is 88.8 cm³/mol. The van der Waals surface area contributed by atoms with Crippen molar-refractivity contribution in [1.29, 1.82) is 5.26 Å². The van der Waals surface area contributed by atoms with Gasteiger partial charge in [-0.3, -0.25) is 14.5 Å². The quantitative estimate of drug-likeness (QED) is 0.940. The molecule has 1 aliphatic heterocycles. The van der Waals surface area contributed by atoms with Gasteiger partial charge in [-0.15, -0.1) is 0 Å². The fourth-order valence-corrected chi connectivity index (χ4v) is 2.51. The predicted octanol–water partition coefficient (Wildman–Crippen LogP) is 2.23. The van der Waals surface area contributed by atoms with E-state index in [1.807, 2.05) is 25.1 Å². The number of hydrogen-bond donors (Lipinski definition) is 1. The van der Waals surface area contributed by atoms with Crippen LogP contribution in [0.2, 0.25) is 0 Å². The molecule has 6 heteroatoms. The number of nitriles is 1. The minimum Gasteiger partial charge on any atom is -0.482 e. The highest BCUT2D eigenvalue weighted by atomic mass is 16.5. The molecule has 0 aliphatic carbocycles. The number of aryl methyl sites for hydroxylation is 1. The van der Waals surface area contributed by atoms with Crippen LogP contribution < -0.4 is 15.0 Å². The average molecular weight is 321 g/mol. The highest BCUT2D eigenvalue weighted by Gasteiger charge is 2.27. The van der Waals surface area contributed by atoms with Gasteiger partial charge < -0.3 is 10.1 Å². The summed E-state index contributed by atoms with van der Waals surface area (Å²) in [7, 11) is 0. The van der Waals surface area contributed by atoms with Crippen LogP contribution in [0, 0.1) is 18.3 Å². The molecule has 0 atom stereocenters. The second-order valence-electron chi connectivity index (χ2n) is 5.45. The second kappa shape index (κ2) is 6.42. The van der Waals surface area contributed by atoms with Gasteiger partial charge in [0.1, 0.15) is 18.4 Å². The smallest absolute Gasteiger partial charge is 0.265 e. The molecule has 0 bridgehead atoms. The van der Waals surface area contributed by atoms with Crippen molar-refractivity contribution in [1.82, 2.24) is 0 Å². The zero-order chi connectivity index (χ0) is 17.1. The third-order valence-electron chi connectivity index (χ3n) is 3.68. The number of carbonyl (C=O) groups is 2. The molecule has 0 fully saturated rings. The molecule has 0 unspecified atom stereocenters. The van der Waals surface area contributed by atoms with Gasteiger partial charge >= 0.3 is 0 Å². The first-order chi connectivity index (χ1) is 11.6. The van der Waals surface area contributed by atoms with E-state index in [9.17, 15) is 9.59 Å². The average Bonchev–Trinajstić information content (AvgIpc) is 2.58. The highest BCUT2D eigenvalue weighted by molar-refractivity contribution is 6.05. The maximum Gasteiger partial charge on any atom is 0.265 e. The van der Waals surface area contributed by atoms with Crippen molar-refractivity contribution in [2.75, 3.05) is 23.4 Å². The maximum absolute atomic E-state index is 12.3. The van der Waals surface area contributed by atoms with Gasteiger partial charge in [-0.25, -0.2) is 0 Å². The number of nitrogens with zero attached hydrogens (tertiary/aromatic N) is 2. The van der Waals surface area contributed by atoms with Gasteiger partial charge in [0.05, 0.1) is 16.9 Å². The Labute approximate surface area is 139 Å². The molecule has 3 rings (SSSR count). The van der Waals surface area contributed by atoms with Crippen molar-refractivity contribution >= 4 is 23.2 Å². The molecule has 0 saturated carbocycles. The Morgan fingerprint density at radius 3 is 2.92 bits per heavy atom. The van der Waals surface area contributed by atoms with Crippen LogP contribution in [0.15, 0.2) is 42.5 Å². The number of amides is 2. The molecule has 1 aliphatic rings. The first-order valence-corrected chi connectivity index (χ1v) is 7.41. The number of fused-ring (bicyclic) bond motifs is 1. The maximum atomic E-state index is 12.3. The number of rotatable bonds is 3. The number of ether oxygens (including phenoxy) is 1. The first kappa shape index (κ1) is 15.6. The monoisotopic (exact) mass is 321 g/mol. The number of anilines is 2. The van der Waals surface area contributed by atoms with Crippen molar-refractivity contribution < 1.29 is 14.3 Å². The van der Waals surface area contributed by atoms with E-state index in [0.29, 0.717) is 22.7 Å². The molecular weight excluding hydrogens is 306 g/mol. The van der Waals surface area contributed by atoms with E-state index in [-0.39, 0.29) is 25.0 Å². The Morgan fingerprint density at radius 2 is 2.12 bits per heavy atom. The molecule has 24 heavy (non-hydrogen) atoms. The van der Waals surface area contributed by atoms with Gasteiger partial charge in [0.25, 0.3) is 5.91 Å². The fourth-order valence-electron chi connectivity index (χ4n) is 2.51. The van der Waals surface area contributed by atoms with Gasteiger partial charge in [-0.05, 0) is 36.8 Å². The number of hydrogen-bond acceptors (Lipinski definition) is 4. The minimum atomic E-state index is -0.375. The molecule has 0 saturated heterocycles. The Hall–Kier alpha value is -3.33. The van der Waals surface area contributed by atoms with E-state index in [2.05, 4.69) is 5.32 Å². The number of carbonyl (C=O) groups excluding carboxylic acids is 2. The Kier molecular flexibility index (Phi) is 4.17. The summed E-state index contributed by atoms with van der Waals surface area (Å²) in [6, 6.07) is 14.2. The zero-order valence-electron chi connectivity index (χ0n) is 13.1. The lowest BCUT2D eigenvalue weighted by molar-refractivity contribution is -0.123. The van der Waals surface area contributed by atoms with Gasteiger partial charge in [0, 0.05) is 0 Å². The lowest BCUT2D eigenvalue weighted by Crippen LogP contribution is -2.43. The molecule has 120 valence electrons. The Bertz CT molecular complexity index is 855. The molecular formula is C18H15N3O3. The van der Waals surface area contributed by atoms with Crippen LogP contribution in [0.25, 0.3) is 0 Å². The van der Waals surface area contributed by atoms with E-state index in [1.165, 1.54) is 4.90 Å². The van der Waals surface area contributed by atoms with Crippen LogP contribution in [0.3, 0.4) is 0 Å². The van der Waals surface area contributed by atoms with E-state index in [0.717, 1.165) is 5.56 Å². The summed E-state index contributed by atoms with van der Waals surface area (Å²) in [5.41, 5.74) is 2.34. The third-order valence-corrected chi connectivity index (χ3v) is 3.68. The van der Waals surface area contributed by atoms with Crippen LogP contribution >= 0.6 is 0 Å². The minimum absolute atomic E-state index is 0.0991. The summed E-state index contributed by atoms with van der Waals surface area (Å²) >= 11 is 0. The summed E-state index contributed by atoms with van der Waals surface area (Å²) in [5, 5.41) is 11.8. The molecule has 2 amide bonds. The zero-order valence-corrected chi connectivity index (χ0v) is 13.1. The van der Waals surface area contributed by atoms with Gasteiger partial charge in [-0.2, -0.15) is 5.26 Å². The van der Waals surface area contributed by atoms with Crippen LogP contribution in [0.4, 0.5) is 11.4 Å². The molecule has 6 nitrogen and oxygen atoms in total. The molecule has 0 spiro atoms. The SMILES string of the molecule is Cc1ccc2c(c1)N(CC(=O)Nc1ccccc1C#N)C(=O)CO2. The standard InChI is InChI=1S/C18H15N3O3/c1-12-6-7-16-15(8-12)21(18(23)11-24-16)10-17(22)20-14-5-3-2-4-13(14)9-19/h2-8H,10-11H2,1H3,(H,20,22). The third kappa shape index (κ3) is 3.06. The number of benzene rings is 2. The van der Waals surface area contributed by atoms with E-state index < -0.39 is 0 Å². The Balaban J connectivity index is 1.81. The molecule has 0 radical (unpaired) electrons. The van der Waals surface area contributed by atoms with Gasteiger partial charge in [0.2, 0.25) is 5.91 Å². The summed E-state index contributed by atoms with van der Waals surface area (Å²) in [5.74, 6) is -0.0809. The van der Waals surface area contributed by atoms with E-state index in [1.54, 1.807) is 30.3 Å². The second-order valence-corrected chi connectivity index (χ2v) is 5.45. The topological polar surface area (TPSA) is 82.4 Å². The van der Waals surface area contributed by atoms with Gasteiger partial charge in [0.15, 0.2) is 6.61 Å². The number of para-hydroxylation sites is 1. The summed E-state index contributed by atoms with van der Waals surface area (Å²) < 4.78 is 5.39. The van der Waals surface area contributed by atoms with Crippen molar-refractivity contribution in [3.8, 4) is 11.8 Å². The van der Waals surface area contributed by atoms with Crippen molar-refractivity contribution in [2.24, 2.45) is 0 Å². The largest absolute Gasteiger partial charge is 0.482 e. The molecule has 1 N–H and O–H groups in total. The van der Waals surface area contributed by atoms with Crippen molar-refractivity contribution in [3.63, 3.8) is 0 Å². The highest BCUT2D eigenvalue weighted by Crippen LogP contribution is 2.32. The van der Waals surface area contributed by atoms with Crippen LogP contribution in [-0.4, -0.2) is 25.0 Å².